The Morgan fingerprint density at radius 1 is 1.17 bits per heavy atom. The summed E-state index contributed by atoms with van der Waals surface area (Å²) in [5, 5.41) is 4.41. The lowest BCUT2D eigenvalue weighted by Gasteiger charge is -2.24. The van der Waals surface area contributed by atoms with Gasteiger partial charge < -0.3 is 19.7 Å². The quantitative estimate of drug-likeness (QED) is 0.372. The number of carbonyl (C=O) groups is 2. The average Bonchev–Trinajstić information content (AvgIpc) is 3.24. The standard InChI is InChI=1S/C21H28ClN3O4S/c1-28-12-6-10-23-20(26)17-15-30-18(24-17)14-25(11-7-13-29-2)21(27)19(22)16-8-4-3-5-9-16/h3-5,8-9,15,19H,6-7,10-14H2,1-2H3,(H,23,26). The van der Waals surface area contributed by atoms with Crippen LogP contribution >= 0.6 is 22.9 Å². The summed E-state index contributed by atoms with van der Waals surface area (Å²) >= 11 is 7.80. The number of carbonyl (C=O) groups excluding carboxylic acids is 2. The van der Waals surface area contributed by atoms with E-state index >= 15 is 0 Å². The molecule has 1 atom stereocenters. The number of alkyl halides is 1. The van der Waals surface area contributed by atoms with Crippen molar-refractivity contribution in [3.63, 3.8) is 0 Å². The lowest BCUT2D eigenvalue weighted by molar-refractivity contribution is -0.131. The van der Waals surface area contributed by atoms with Gasteiger partial charge in [0.2, 0.25) is 5.91 Å². The molecular weight excluding hydrogens is 426 g/mol. The molecule has 9 heteroatoms. The smallest absolute Gasteiger partial charge is 0.270 e. The third-order valence-corrected chi connectivity index (χ3v) is 5.59. The fraction of sp³-hybridized carbons (Fsp3) is 0.476. The lowest BCUT2D eigenvalue weighted by atomic mass is 10.1. The maximum Gasteiger partial charge on any atom is 0.270 e. The second kappa shape index (κ2) is 13.3. The molecule has 2 aromatic rings. The van der Waals surface area contributed by atoms with E-state index in [-0.39, 0.29) is 11.8 Å². The minimum absolute atomic E-state index is 0.195. The summed E-state index contributed by atoms with van der Waals surface area (Å²) in [5.74, 6) is -0.426. The van der Waals surface area contributed by atoms with E-state index in [1.807, 2.05) is 30.3 Å². The van der Waals surface area contributed by atoms with Crippen LogP contribution in [0.2, 0.25) is 0 Å². The van der Waals surface area contributed by atoms with Gasteiger partial charge in [0.25, 0.3) is 5.91 Å². The molecular formula is C21H28ClN3O4S. The summed E-state index contributed by atoms with van der Waals surface area (Å²) in [4.78, 5) is 31.3. The van der Waals surface area contributed by atoms with Gasteiger partial charge in [-0.05, 0) is 18.4 Å². The molecule has 0 aliphatic carbocycles. The van der Waals surface area contributed by atoms with Gasteiger partial charge in [-0.3, -0.25) is 9.59 Å². The predicted molar refractivity (Wildman–Crippen MR) is 118 cm³/mol. The van der Waals surface area contributed by atoms with Crippen LogP contribution in [-0.4, -0.2) is 62.2 Å². The summed E-state index contributed by atoms with van der Waals surface area (Å²) in [5.41, 5.74) is 1.10. The van der Waals surface area contributed by atoms with E-state index in [0.29, 0.717) is 50.0 Å². The van der Waals surface area contributed by atoms with Crippen molar-refractivity contribution in [2.45, 2.75) is 24.8 Å². The van der Waals surface area contributed by atoms with Crippen molar-refractivity contribution < 1.29 is 19.1 Å². The largest absolute Gasteiger partial charge is 0.385 e. The van der Waals surface area contributed by atoms with Crippen LogP contribution in [0.15, 0.2) is 35.7 Å². The molecule has 0 radical (unpaired) electrons. The van der Waals surface area contributed by atoms with Crippen molar-refractivity contribution in [3.05, 3.63) is 52.0 Å². The third-order valence-electron chi connectivity index (χ3n) is 4.32. The molecule has 1 unspecified atom stereocenters. The number of aromatic nitrogens is 1. The number of methoxy groups -OCH3 is 2. The zero-order valence-electron chi connectivity index (χ0n) is 17.3. The number of ether oxygens (including phenoxy) is 2. The second-order valence-electron chi connectivity index (χ2n) is 6.61. The first kappa shape index (κ1) is 24.3. The van der Waals surface area contributed by atoms with Gasteiger partial charge >= 0.3 is 0 Å². The number of rotatable bonds is 13. The Kier molecular flexibility index (Phi) is 10.8. The van der Waals surface area contributed by atoms with E-state index in [2.05, 4.69) is 10.3 Å². The Morgan fingerprint density at radius 2 is 1.87 bits per heavy atom. The van der Waals surface area contributed by atoms with Gasteiger partial charge in [-0.2, -0.15) is 0 Å². The van der Waals surface area contributed by atoms with Crippen LogP contribution in [-0.2, 0) is 20.8 Å². The van der Waals surface area contributed by atoms with Gasteiger partial charge in [-0.1, -0.05) is 30.3 Å². The van der Waals surface area contributed by atoms with Crippen molar-refractivity contribution in [1.82, 2.24) is 15.2 Å². The van der Waals surface area contributed by atoms with E-state index in [4.69, 9.17) is 21.1 Å². The van der Waals surface area contributed by atoms with Gasteiger partial charge in [0.05, 0.1) is 6.54 Å². The zero-order chi connectivity index (χ0) is 21.8. The molecule has 0 bridgehead atoms. The highest BCUT2D eigenvalue weighted by Crippen LogP contribution is 2.24. The number of nitrogens with one attached hydrogen (secondary N) is 1. The Balaban J connectivity index is 2.02. The highest BCUT2D eigenvalue weighted by molar-refractivity contribution is 7.09. The van der Waals surface area contributed by atoms with Crippen LogP contribution in [0, 0.1) is 0 Å². The molecule has 2 rings (SSSR count). The number of hydrogen-bond acceptors (Lipinski definition) is 6. The fourth-order valence-corrected chi connectivity index (χ4v) is 3.82. The van der Waals surface area contributed by atoms with E-state index < -0.39 is 5.38 Å². The molecule has 0 fully saturated rings. The van der Waals surface area contributed by atoms with Gasteiger partial charge in [-0.25, -0.2) is 4.98 Å². The third kappa shape index (κ3) is 7.68. The second-order valence-corrected chi connectivity index (χ2v) is 7.99. The van der Waals surface area contributed by atoms with E-state index in [0.717, 1.165) is 12.0 Å². The zero-order valence-corrected chi connectivity index (χ0v) is 18.9. The van der Waals surface area contributed by atoms with Crippen molar-refractivity contribution in [1.29, 1.82) is 0 Å². The Bertz CT molecular complexity index is 788. The summed E-state index contributed by atoms with van der Waals surface area (Å²) < 4.78 is 10.1. The van der Waals surface area contributed by atoms with E-state index in [1.165, 1.54) is 11.3 Å². The molecule has 0 aliphatic heterocycles. The van der Waals surface area contributed by atoms with Crippen LogP contribution in [0.1, 0.15) is 39.3 Å². The van der Waals surface area contributed by atoms with Crippen LogP contribution in [0.5, 0.6) is 0 Å². The maximum atomic E-state index is 13.0. The average molecular weight is 454 g/mol. The molecule has 0 saturated heterocycles. The molecule has 0 saturated carbocycles. The molecule has 1 aromatic heterocycles. The van der Waals surface area contributed by atoms with Crippen LogP contribution in [0.25, 0.3) is 0 Å². The number of thiazole rings is 1. The summed E-state index contributed by atoms with van der Waals surface area (Å²) in [6.07, 6.45) is 1.41. The topological polar surface area (TPSA) is 80.8 Å². The van der Waals surface area contributed by atoms with E-state index in [9.17, 15) is 9.59 Å². The van der Waals surface area contributed by atoms with Crippen molar-refractivity contribution in [2.75, 3.05) is 40.5 Å². The SMILES string of the molecule is COCCCNC(=O)c1csc(CN(CCCOC)C(=O)C(Cl)c2ccccc2)n1. The van der Waals surface area contributed by atoms with Crippen molar-refractivity contribution >= 4 is 34.8 Å². The first-order valence-corrected chi connectivity index (χ1v) is 11.1. The molecule has 0 aliphatic rings. The molecule has 164 valence electrons. The minimum Gasteiger partial charge on any atom is -0.385 e. The summed E-state index contributed by atoms with van der Waals surface area (Å²) in [6.45, 7) is 2.42. The Morgan fingerprint density at radius 3 is 2.57 bits per heavy atom. The van der Waals surface area contributed by atoms with Gasteiger partial charge in [-0.15, -0.1) is 22.9 Å². The van der Waals surface area contributed by atoms with Crippen molar-refractivity contribution in [3.8, 4) is 0 Å². The van der Waals surface area contributed by atoms with Crippen molar-refractivity contribution in [2.24, 2.45) is 0 Å². The highest BCUT2D eigenvalue weighted by Gasteiger charge is 2.25. The Labute approximate surface area is 186 Å². The van der Waals surface area contributed by atoms with Crippen LogP contribution < -0.4 is 5.32 Å². The fourth-order valence-electron chi connectivity index (χ4n) is 2.75. The number of amides is 2. The number of hydrogen-bond donors (Lipinski definition) is 1. The Hall–Kier alpha value is -2.00. The number of benzene rings is 1. The minimum atomic E-state index is -0.780. The predicted octanol–water partition coefficient (Wildman–Crippen LogP) is 3.25. The van der Waals surface area contributed by atoms with Crippen LogP contribution in [0.3, 0.4) is 0 Å². The first-order valence-electron chi connectivity index (χ1n) is 9.75. The molecule has 0 spiro atoms. The van der Waals surface area contributed by atoms with Gasteiger partial charge in [0.1, 0.15) is 16.1 Å². The highest BCUT2D eigenvalue weighted by atomic mass is 35.5. The molecule has 1 aromatic carbocycles. The molecule has 2 amide bonds. The van der Waals surface area contributed by atoms with Gasteiger partial charge in [0.15, 0.2) is 0 Å². The van der Waals surface area contributed by atoms with E-state index in [1.54, 1.807) is 24.5 Å². The summed E-state index contributed by atoms with van der Waals surface area (Å²) in [7, 11) is 3.25. The molecule has 30 heavy (non-hydrogen) atoms. The van der Waals surface area contributed by atoms with Crippen LogP contribution in [0.4, 0.5) is 0 Å². The lowest BCUT2D eigenvalue weighted by Crippen LogP contribution is -2.34. The maximum absolute atomic E-state index is 13.0. The number of nitrogens with zero attached hydrogens (tertiary/aromatic N) is 2. The first-order chi connectivity index (χ1) is 14.6. The molecule has 1 heterocycles. The number of halogens is 1. The monoisotopic (exact) mass is 453 g/mol. The van der Waals surface area contributed by atoms with Gasteiger partial charge in [0, 0.05) is 45.9 Å². The molecule has 7 nitrogen and oxygen atoms in total. The normalized spacial score (nSPS) is 11.8. The molecule has 1 N–H and O–H groups in total. The summed E-state index contributed by atoms with van der Waals surface area (Å²) in [6, 6.07) is 9.25.